The standard InChI is InChI=1S/C69H128O14/c1-3-5-7-9-11-13-15-17-19-21-23-25-27-29-30-32-34-36-38-40-42-44-46-48-50-52-61(71)81-58(56-79-68-67(77)65(75)63(73)60(83-68)57-80-69-66(76)64(74)62(72)59(54-70)82-69)55-78-53-51-49-47-45-43-41-39-37-35-33-31-28-26-24-22-20-18-16-14-12-10-8-6-4-2/h15,17,21,23,27,29,58-60,62-70,72-77H,3-14,16,18-20,22,24-26,28,30-57H2,1-2H3/b17-15-,23-21-,29-27-. The molecule has 0 bridgehead atoms. The van der Waals surface area contributed by atoms with Gasteiger partial charge in [-0.05, 0) is 51.4 Å². The van der Waals surface area contributed by atoms with E-state index in [1.54, 1.807) is 0 Å². The van der Waals surface area contributed by atoms with Crippen molar-refractivity contribution in [1.29, 1.82) is 0 Å². The molecule has 0 aromatic carbocycles. The quantitative estimate of drug-likeness (QED) is 0.0171. The highest BCUT2D eigenvalue weighted by Crippen LogP contribution is 2.27. The highest BCUT2D eigenvalue weighted by molar-refractivity contribution is 5.69. The van der Waals surface area contributed by atoms with Crippen LogP contribution in [0.3, 0.4) is 0 Å². The van der Waals surface area contributed by atoms with Crippen LogP contribution in [0.5, 0.6) is 0 Å². The summed E-state index contributed by atoms with van der Waals surface area (Å²) in [4.78, 5) is 13.1. The fourth-order valence-electron chi connectivity index (χ4n) is 11.1. The lowest BCUT2D eigenvalue weighted by Crippen LogP contribution is -2.61. The van der Waals surface area contributed by atoms with Gasteiger partial charge in [0.05, 0.1) is 26.4 Å². The number of ether oxygens (including phenoxy) is 6. The summed E-state index contributed by atoms with van der Waals surface area (Å²) in [6.45, 7) is 3.74. The van der Waals surface area contributed by atoms with Gasteiger partial charge in [0.1, 0.15) is 54.9 Å². The van der Waals surface area contributed by atoms with Crippen LogP contribution in [-0.4, -0.2) is 142 Å². The Morgan fingerprint density at radius 3 is 1.17 bits per heavy atom. The Balaban J connectivity index is 1.64. The van der Waals surface area contributed by atoms with E-state index in [0.29, 0.717) is 13.0 Å². The van der Waals surface area contributed by atoms with Crippen molar-refractivity contribution < 1.29 is 69.0 Å². The van der Waals surface area contributed by atoms with Crippen LogP contribution in [0.15, 0.2) is 36.5 Å². The smallest absolute Gasteiger partial charge is 0.306 e. The van der Waals surface area contributed by atoms with Crippen LogP contribution in [0.4, 0.5) is 0 Å². The van der Waals surface area contributed by atoms with Gasteiger partial charge in [-0.25, -0.2) is 0 Å². The molecule has 0 aliphatic carbocycles. The summed E-state index contributed by atoms with van der Waals surface area (Å²) in [6, 6.07) is 0. The summed E-state index contributed by atoms with van der Waals surface area (Å²) < 4.78 is 34.6. The molecule has 0 amide bonds. The second-order valence-corrected chi connectivity index (χ2v) is 24.4. The van der Waals surface area contributed by atoms with Gasteiger partial charge in [0, 0.05) is 13.0 Å². The number of aliphatic hydroxyl groups is 7. The number of carbonyl (C=O) groups is 1. The third kappa shape index (κ3) is 41.1. The molecule has 0 radical (unpaired) electrons. The lowest BCUT2D eigenvalue weighted by molar-refractivity contribution is -0.332. The van der Waals surface area contributed by atoms with Crippen LogP contribution in [-0.2, 0) is 33.2 Å². The molecule has 2 rings (SSSR count). The first-order chi connectivity index (χ1) is 40.6. The van der Waals surface area contributed by atoms with Crippen molar-refractivity contribution in [2.75, 3.05) is 33.0 Å². The number of hydrogen-bond acceptors (Lipinski definition) is 14. The largest absolute Gasteiger partial charge is 0.457 e. The highest BCUT2D eigenvalue weighted by atomic mass is 16.7. The first-order valence-corrected chi connectivity index (χ1v) is 34.6. The molecule has 488 valence electrons. The van der Waals surface area contributed by atoms with Crippen molar-refractivity contribution in [2.45, 2.75) is 364 Å². The van der Waals surface area contributed by atoms with Crippen molar-refractivity contribution in [1.82, 2.24) is 0 Å². The fraction of sp³-hybridized carbons (Fsp3) is 0.899. The zero-order chi connectivity index (χ0) is 60.1. The van der Waals surface area contributed by atoms with Crippen LogP contribution in [0.1, 0.15) is 296 Å². The van der Waals surface area contributed by atoms with E-state index in [9.17, 15) is 40.5 Å². The molecule has 2 heterocycles. The molecular formula is C69H128O14. The maximum Gasteiger partial charge on any atom is 0.306 e. The molecule has 2 aliphatic heterocycles. The average molecular weight is 1180 g/mol. The first kappa shape index (κ1) is 77.3. The minimum Gasteiger partial charge on any atom is -0.457 e. The van der Waals surface area contributed by atoms with E-state index >= 15 is 0 Å². The minimum atomic E-state index is -1.71. The van der Waals surface area contributed by atoms with Crippen LogP contribution in [0.2, 0.25) is 0 Å². The van der Waals surface area contributed by atoms with E-state index in [2.05, 4.69) is 50.3 Å². The number of aliphatic hydroxyl groups excluding tert-OH is 7. The molecule has 2 fully saturated rings. The van der Waals surface area contributed by atoms with E-state index in [1.165, 1.54) is 212 Å². The molecule has 14 nitrogen and oxygen atoms in total. The number of carbonyl (C=O) groups excluding carboxylic acids is 1. The lowest BCUT2D eigenvalue weighted by Gasteiger charge is -2.42. The Morgan fingerprint density at radius 2 is 0.747 bits per heavy atom. The Kier molecular flexibility index (Phi) is 51.7. The zero-order valence-corrected chi connectivity index (χ0v) is 53.0. The maximum atomic E-state index is 13.1. The molecule has 14 heteroatoms. The van der Waals surface area contributed by atoms with Crippen LogP contribution in [0.25, 0.3) is 0 Å². The average Bonchev–Trinajstić information content (AvgIpc) is 3.67. The van der Waals surface area contributed by atoms with E-state index in [-0.39, 0.29) is 25.6 Å². The monoisotopic (exact) mass is 1180 g/mol. The van der Waals surface area contributed by atoms with Crippen molar-refractivity contribution in [3.63, 3.8) is 0 Å². The summed E-state index contributed by atoms with van der Waals surface area (Å²) in [5.41, 5.74) is 0. The van der Waals surface area contributed by atoms with Crippen molar-refractivity contribution >= 4 is 5.97 Å². The minimum absolute atomic E-state index is 0.0642. The van der Waals surface area contributed by atoms with Gasteiger partial charge >= 0.3 is 5.97 Å². The Labute approximate surface area is 506 Å². The van der Waals surface area contributed by atoms with E-state index < -0.39 is 80.7 Å². The van der Waals surface area contributed by atoms with Gasteiger partial charge < -0.3 is 64.2 Å². The van der Waals surface area contributed by atoms with Crippen molar-refractivity contribution in [3.05, 3.63) is 36.5 Å². The van der Waals surface area contributed by atoms with Gasteiger partial charge in [0.15, 0.2) is 12.6 Å². The van der Waals surface area contributed by atoms with Crippen molar-refractivity contribution in [3.8, 4) is 0 Å². The third-order valence-electron chi connectivity index (χ3n) is 16.7. The maximum absolute atomic E-state index is 13.1. The normalized spacial score (nSPS) is 23.6. The summed E-state index contributed by atoms with van der Waals surface area (Å²) in [5, 5.41) is 72.6. The molecule has 2 aliphatic rings. The second-order valence-electron chi connectivity index (χ2n) is 24.4. The third-order valence-corrected chi connectivity index (χ3v) is 16.7. The first-order valence-electron chi connectivity index (χ1n) is 34.6. The molecule has 0 aromatic heterocycles. The zero-order valence-electron chi connectivity index (χ0n) is 53.0. The molecule has 11 atom stereocenters. The van der Waals surface area contributed by atoms with Gasteiger partial charge in [-0.3, -0.25) is 4.79 Å². The molecule has 7 N–H and O–H groups in total. The summed E-state index contributed by atoms with van der Waals surface area (Å²) in [6.07, 6.45) is 52.2. The molecule has 2 saturated heterocycles. The van der Waals surface area contributed by atoms with E-state index in [0.717, 1.165) is 57.8 Å². The second kappa shape index (κ2) is 55.5. The van der Waals surface area contributed by atoms with Crippen LogP contribution in [0, 0.1) is 0 Å². The van der Waals surface area contributed by atoms with Crippen LogP contribution < -0.4 is 0 Å². The summed E-state index contributed by atoms with van der Waals surface area (Å²) in [7, 11) is 0. The van der Waals surface area contributed by atoms with E-state index in [1.807, 2.05) is 0 Å². The number of esters is 1. The van der Waals surface area contributed by atoms with Crippen LogP contribution >= 0.6 is 0 Å². The van der Waals surface area contributed by atoms with Gasteiger partial charge in [-0.2, -0.15) is 0 Å². The number of unbranched alkanes of at least 4 members (excludes halogenated alkanes) is 38. The Bertz CT molecular complexity index is 1510. The number of hydrogen-bond donors (Lipinski definition) is 7. The predicted molar refractivity (Wildman–Crippen MR) is 335 cm³/mol. The van der Waals surface area contributed by atoms with Crippen molar-refractivity contribution in [2.24, 2.45) is 0 Å². The fourth-order valence-corrected chi connectivity index (χ4v) is 11.1. The predicted octanol–water partition coefficient (Wildman–Crippen LogP) is 14.4. The van der Waals surface area contributed by atoms with Gasteiger partial charge in [0.2, 0.25) is 0 Å². The van der Waals surface area contributed by atoms with Gasteiger partial charge in [-0.15, -0.1) is 0 Å². The molecule has 11 unspecified atom stereocenters. The Hall–Kier alpha value is -1.79. The SMILES string of the molecule is CCCCCCC/C=C\C/C=C\C/C=C\CCCCCCCCCCCCC(=O)OC(COCCCCCCCCCCCCCCCCCCCCCCCCCC)COC1OC(COC2OC(CO)C(O)C(O)C2O)C(O)C(O)C1O. The molecular weight excluding hydrogens is 1050 g/mol. The summed E-state index contributed by atoms with van der Waals surface area (Å²) >= 11 is 0. The Morgan fingerprint density at radius 1 is 0.398 bits per heavy atom. The van der Waals surface area contributed by atoms with Gasteiger partial charge in [0.25, 0.3) is 0 Å². The molecule has 0 spiro atoms. The molecule has 0 aromatic rings. The molecule has 0 saturated carbocycles. The number of allylic oxidation sites excluding steroid dienone is 6. The number of rotatable bonds is 58. The van der Waals surface area contributed by atoms with E-state index in [4.69, 9.17) is 28.4 Å². The topological polar surface area (TPSA) is 214 Å². The van der Waals surface area contributed by atoms with Gasteiger partial charge in [-0.1, -0.05) is 275 Å². The molecule has 83 heavy (non-hydrogen) atoms. The highest BCUT2D eigenvalue weighted by Gasteiger charge is 2.47. The lowest BCUT2D eigenvalue weighted by atomic mass is 9.98. The summed E-state index contributed by atoms with van der Waals surface area (Å²) in [5.74, 6) is -0.374.